The van der Waals surface area contributed by atoms with Gasteiger partial charge in [0.05, 0.1) is 6.20 Å². The molecule has 2 fully saturated rings. The summed E-state index contributed by atoms with van der Waals surface area (Å²) in [6.07, 6.45) is 5.21. The molecule has 2 aromatic heterocycles. The van der Waals surface area contributed by atoms with Crippen LogP contribution < -0.4 is 4.90 Å². The van der Waals surface area contributed by atoms with E-state index in [9.17, 15) is 0 Å². The maximum atomic E-state index is 4.91. The first-order valence-electron chi connectivity index (χ1n) is 7.42. The molecule has 4 heterocycles. The summed E-state index contributed by atoms with van der Waals surface area (Å²) >= 11 is 0. The predicted octanol–water partition coefficient (Wildman–Crippen LogP) is 1.34. The first-order valence-corrected chi connectivity index (χ1v) is 7.42. The van der Waals surface area contributed by atoms with Crippen LogP contribution in [0.3, 0.4) is 0 Å². The summed E-state index contributed by atoms with van der Waals surface area (Å²) in [5.41, 5.74) is 2.20. The zero-order valence-electron chi connectivity index (χ0n) is 12.1. The van der Waals surface area contributed by atoms with Gasteiger partial charge < -0.3 is 9.42 Å². The van der Waals surface area contributed by atoms with Crippen molar-refractivity contribution in [2.75, 3.05) is 31.1 Å². The van der Waals surface area contributed by atoms with E-state index in [0.717, 1.165) is 56.1 Å². The third-order valence-electron chi connectivity index (χ3n) is 4.56. The molecule has 6 nitrogen and oxygen atoms in total. The van der Waals surface area contributed by atoms with Crippen molar-refractivity contribution in [3.05, 3.63) is 36.1 Å². The second kappa shape index (κ2) is 5.11. The molecule has 0 radical (unpaired) electrons. The second-order valence-corrected chi connectivity index (χ2v) is 6.17. The van der Waals surface area contributed by atoms with Gasteiger partial charge in [0.1, 0.15) is 18.4 Å². The number of aryl methyl sites for hydroxylation is 1. The molecule has 2 aliphatic rings. The zero-order chi connectivity index (χ0) is 14.2. The largest absolute Gasteiger partial charge is 0.364 e. The Morgan fingerprint density at radius 3 is 2.67 bits per heavy atom. The van der Waals surface area contributed by atoms with E-state index in [1.54, 1.807) is 12.6 Å². The Bertz CT molecular complexity index is 600. The standard InChI is InChI=1S/C15H19N5O/c1-11-2-15(17-10-16-11)20-7-13-5-19(6-14(13)8-20)4-12-3-18-21-9-12/h2-3,9-10,13-14H,4-8H2,1H3. The van der Waals surface area contributed by atoms with Crippen molar-refractivity contribution < 1.29 is 4.52 Å². The third-order valence-corrected chi connectivity index (χ3v) is 4.56. The van der Waals surface area contributed by atoms with E-state index in [1.807, 2.05) is 13.1 Å². The van der Waals surface area contributed by atoms with Gasteiger partial charge in [0.15, 0.2) is 0 Å². The fourth-order valence-corrected chi connectivity index (χ4v) is 3.58. The first kappa shape index (κ1) is 12.8. The normalized spacial score (nSPS) is 25.5. The quantitative estimate of drug-likeness (QED) is 0.848. The van der Waals surface area contributed by atoms with Crippen LogP contribution in [0, 0.1) is 18.8 Å². The summed E-state index contributed by atoms with van der Waals surface area (Å²) in [7, 11) is 0. The molecule has 2 aromatic rings. The van der Waals surface area contributed by atoms with E-state index in [2.05, 4.69) is 31.0 Å². The van der Waals surface area contributed by atoms with Gasteiger partial charge >= 0.3 is 0 Å². The minimum absolute atomic E-state index is 0.736. The third kappa shape index (κ3) is 2.51. The highest BCUT2D eigenvalue weighted by molar-refractivity contribution is 5.40. The summed E-state index contributed by atoms with van der Waals surface area (Å²) in [4.78, 5) is 13.5. The van der Waals surface area contributed by atoms with E-state index in [1.165, 1.54) is 5.56 Å². The first-order chi connectivity index (χ1) is 10.3. The van der Waals surface area contributed by atoms with Gasteiger partial charge in [0, 0.05) is 50.0 Å². The average Bonchev–Trinajstić information content (AvgIpc) is 3.14. The van der Waals surface area contributed by atoms with Crippen LogP contribution in [0.2, 0.25) is 0 Å². The van der Waals surface area contributed by atoms with Crippen molar-refractivity contribution in [3.8, 4) is 0 Å². The molecule has 2 aliphatic heterocycles. The molecule has 110 valence electrons. The van der Waals surface area contributed by atoms with Crippen LogP contribution in [0.5, 0.6) is 0 Å². The van der Waals surface area contributed by atoms with Gasteiger partial charge in [-0.2, -0.15) is 0 Å². The summed E-state index contributed by atoms with van der Waals surface area (Å²) in [6.45, 7) is 7.46. The van der Waals surface area contributed by atoms with Crippen LogP contribution in [-0.4, -0.2) is 46.2 Å². The zero-order valence-corrected chi connectivity index (χ0v) is 12.1. The highest BCUT2D eigenvalue weighted by Gasteiger charge is 2.40. The molecule has 2 saturated heterocycles. The topological polar surface area (TPSA) is 58.3 Å². The maximum absolute atomic E-state index is 4.91. The number of likely N-dealkylation sites (tertiary alicyclic amines) is 1. The van der Waals surface area contributed by atoms with Crippen molar-refractivity contribution in [2.24, 2.45) is 11.8 Å². The lowest BCUT2D eigenvalue weighted by Gasteiger charge is -2.21. The monoisotopic (exact) mass is 285 g/mol. The van der Waals surface area contributed by atoms with Crippen LogP contribution in [0.15, 0.2) is 29.4 Å². The van der Waals surface area contributed by atoms with Crippen LogP contribution in [-0.2, 0) is 6.54 Å². The minimum atomic E-state index is 0.736. The lowest BCUT2D eigenvalue weighted by Crippen LogP contribution is -2.29. The van der Waals surface area contributed by atoms with Crippen LogP contribution in [0.25, 0.3) is 0 Å². The van der Waals surface area contributed by atoms with E-state index in [0.29, 0.717) is 0 Å². The van der Waals surface area contributed by atoms with Gasteiger partial charge in [-0.15, -0.1) is 0 Å². The Morgan fingerprint density at radius 1 is 1.19 bits per heavy atom. The minimum Gasteiger partial charge on any atom is -0.364 e. The predicted molar refractivity (Wildman–Crippen MR) is 77.7 cm³/mol. The summed E-state index contributed by atoms with van der Waals surface area (Å²) in [5.74, 6) is 2.54. The molecule has 2 atom stereocenters. The second-order valence-electron chi connectivity index (χ2n) is 6.17. The fraction of sp³-hybridized carbons (Fsp3) is 0.533. The van der Waals surface area contributed by atoms with Crippen molar-refractivity contribution in [3.63, 3.8) is 0 Å². The van der Waals surface area contributed by atoms with Crippen LogP contribution >= 0.6 is 0 Å². The van der Waals surface area contributed by atoms with Gasteiger partial charge in [-0.1, -0.05) is 5.16 Å². The Balaban J connectivity index is 1.39. The van der Waals surface area contributed by atoms with Crippen molar-refractivity contribution >= 4 is 5.82 Å². The van der Waals surface area contributed by atoms with Crippen LogP contribution in [0.4, 0.5) is 5.82 Å². The number of fused-ring (bicyclic) bond motifs is 1. The number of rotatable bonds is 3. The molecule has 0 aromatic carbocycles. The van der Waals surface area contributed by atoms with Crippen molar-refractivity contribution in [1.29, 1.82) is 0 Å². The Kier molecular flexibility index (Phi) is 3.11. The van der Waals surface area contributed by atoms with Gasteiger partial charge in [-0.25, -0.2) is 9.97 Å². The van der Waals surface area contributed by atoms with E-state index < -0.39 is 0 Å². The Morgan fingerprint density at radius 2 is 2.00 bits per heavy atom. The summed E-state index contributed by atoms with van der Waals surface area (Å²) in [6, 6.07) is 2.08. The number of aromatic nitrogens is 3. The Labute approximate surface area is 123 Å². The molecule has 0 saturated carbocycles. The van der Waals surface area contributed by atoms with E-state index in [-0.39, 0.29) is 0 Å². The molecule has 0 amide bonds. The van der Waals surface area contributed by atoms with E-state index >= 15 is 0 Å². The smallest absolute Gasteiger partial charge is 0.132 e. The summed E-state index contributed by atoms with van der Waals surface area (Å²) < 4.78 is 4.91. The number of nitrogens with zero attached hydrogens (tertiary/aromatic N) is 5. The molecule has 0 bridgehead atoms. The molecule has 2 unspecified atom stereocenters. The Hall–Kier alpha value is -1.95. The SMILES string of the molecule is Cc1cc(N2CC3CN(Cc4cnoc4)CC3C2)ncn1. The highest BCUT2D eigenvalue weighted by Crippen LogP contribution is 2.33. The molecule has 21 heavy (non-hydrogen) atoms. The van der Waals surface area contributed by atoms with Crippen molar-refractivity contribution in [1.82, 2.24) is 20.0 Å². The molecule has 0 spiro atoms. The molecule has 6 heteroatoms. The number of anilines is 1. The lowest BCUT2D eigenvalue weighted by atomic mass is 10.0. The molecule has 0 N–H and O–H groups in total. The van der Waals surface area contributed by atoms with E-state index in [4.69, 9.17) is 4.52 Å². The van der Waals surface area contributed by atoms with Gasteiger partial charge in [0.25, 0.3) is 0 Å². The maximum Gasteiger partial charge on any atom is 0.132 e. The number of hydrogen-bond acceptors (Lipinski definition) is 6. The van der Waals surface area contributed by atoms with Crippen LogP contribution in [0.1, 0.15) is 11.3 Å². The molecule has 0 aliphatic carbocycles. The molecule has 4 rings (SSSR count). The molecular weight excluding hydrogens is 266 g/mol. The number of hydrogen-bond donors (Lipinski definition) is 0. The van der Waals surface area contributed by atoms with Gasteiger partial charge in [-0.05, 0) is 18.8 Å². The van der Waals surface area contributed by atoms with Gasteiger partial charge in [-0.3, -0.25) is 4.90 Å². The summed E-state index contributed by atoms with van der Waals surface area (Å²) in [5, 5.41) is 3.77. The lowest BCUT2D eigenvalue weighted by molar-refractivity contribution is 0.307. The fourth-order valence-electron chi connectivity index (χ4n) is 3.58. The highest BCUT2D eigenvalue weighted by atomic mass is 16.5. The van der Waals surface area contributed by atoms with Gasteiger partial charge in [0.2, 0.25) is 0 Å². The van der Waals surface area contributed by atoms with Crippen molar-refractivity contribution in [2.45, 2.75) is 13.5 Å². The average molecular weight is 285 g/mol. The molecular formula is C15H19N5O.